The second kappa shape index (κ2) is 6.99. The van der Waals surface area contributed by atoms with Gasteiger partial charge in [-0.15, -0.1) is 5.10 Å². The van der Waals surface area contributed by atoms with E-state index in [0.717, 1.165) is 30.5 Å². The Morgan fingerprint density at radius 2 is 1.87 bits per heavy atom. The molecule has 8 heteroatoms. The van der Waals surface area contributed by atoms with E-state index in [4.69, 9.17) is 30.8 Å². The van der Waals surface area contributed by atoms with E-state index < -0.39 is 17.7 Å². The van der Waals surface area contributed by atoms with Crippen molar-refractivity contribution in [3.05, 3.63) is 35.5 Å². The highest BCUT2D eigenvalue weighted by molar-refractivity contribution is 6.30. The monoisotopic (exact) mass is 445 g/mol. The number of halogens is 1. The first-order valence-electron chi connectivity index (χ1n) is 11.3. The van der Waals surface area contributed by atoms with E-state index in [0.29, 0.717) is 16.9 Å². The van der Waals surface area contributed by atoms with Crippen molar-refractivity contribution in [2.45, 2.75) is 70.4 Å². The molecule has 0 amide bonds. The first-order valence-corrected chi connectivity index (χ1v) is 11.7. The Morgan fingerprint density at radius 1 is 1.06 bits per heavy atom. The molecule has 5 fully saturated rings. The zero-order valence-corrected chi connectivity index (χ0v) is 18.8. The lowest BCUT2D eigenvalue weighted by Gasteiger charge is -2.60. The van der Waals surface area contributed by atoms with Gasteiger partial charge in [-0.05, 0) is 50.2 Å². The number of fused-ring (bicyclic) bond motifs is 2. The van der Waals surface area contributed by atoms with Crippen LogP contribution in [0.1, 0.15) is 52.7 Å². The summed E-state index contributed by atoms with van der Waals surface area (Å²) in [6, 6.07) is 7.71. The summed E-state index contributed by atoms with van der Waals surface area (Å²) >= 11 is 6.09. The van der Waals surface area contributed by atoms with Crippen LogP contribution in [0.25, 0.3) is 11.3 Å². The molecule has 2 bridgehead atoms. The summed E-state index contributed by atoms with van der Waals surface area (Å²) in [7, 11) is 0. The van der Waals surface area contributed by atoms with Gasteiger partial charge in [0.25, 0.3) is 0 Å². The number of benzene rings is 1. The van der Waals surface area contributed by atoms with Gasteiger partial charge < -0.3 is 9.47 Å². The summed E-state index contributed by atoms with van der Waals surface area (Å²) in [6.07, 6.45) is 4.99. The van der Waals surface area contributed by atoms with Gasteiger partial charge in [0.1, 0.15) is 0 Å². The molecule has 8 atom stereocenters. The third-order valence-corrected chi connectivity index (χ3v) is 8.33. The van der Waals surface area contributed by atoms with E-state index >= 15 is 0 Å². The van der Waals surface area contributed by atoms with Gasteiger partial charge in [0.05, 0.1) is 11.9 Å². The Morgan fingerprint density at radius 3 is 2.68 bits per heavy atom. The molecule has 1 spiro atoms. The SMILES string of the molecule is C[C@H]1[C@H](n2nncc2-c2ccc(Cl)cc2)O[C@@H]2O[C@@]3(C)CC[C@H]4[C@H](C)CC[C@@H]1[C@@]24OO3. The largest absolute Gasteiger partial charge is 0.324 e. The zero-order valence-electron chi connectivity index (χ0n) is 18.0. The molecule has 1 saturated carbocycles. The minimum atomic E-state index is -0.788. The van der Waals surface area contributed by atoms with Gasteiger partial charge in [-0.3, -0.25) is 0 Å². The fourth-order valence-electron chi connectivity index (χ4n) is 6.42. The summed E-state index contributed by atoms with van der Waals surface area (Å²) in [5, 5.41) is 9.33. The average Bonchev–Trinajstić information content (AvgIpc) is 3.12. The van der Waals surface area contributed by atoms with Gasteiger partial charge in [0, 0.05) is 28.8 Å². The Bertz CT molecular complexity index is 983. The number of aromatic nitrogens is 3. The molecule has 7 rings (SSSR count). The number of nitrogens with zero attached hydrogens (tertiary/aromatic N) is 3. The minimum Gasteiger partial charge on any atom is -0.324 e. The molecule has 31 heavy (non-hydrogen) atoms. The molecule has 5 aliphatic rings. The molecule has 5 heterocycles. The van der Waals surface area contributed by atoms with Gasteiger partial charge in [-0.2, -0.15) is 0 Å². The minimum absolute atomic E-state index is 0.147. The molecule has 4 aliphatic heterocycles. The van der Waals surface area contributed by atoms with Crippen molar-refractivity contribution in [3.63, 3.8) is 0 Å². The average molecular weight is 446 g/mol. The van der Waals surface area contributed by atoms with Crippen LogP contribution in [-0.2, 0) is 19.2 Å². The van der Waals surface area contributed by atoms with Crippen molar-refractivity contribution >= 4 is 11.6 Å². The van der Waals surface area contributed by atoms with Crippen LogP contribution >= 0.6 is 11.6 Å². The molecule has 1 aromatic heterocycles. The van der Waals surface area contributed by atoms with Gasteiger partial charge >= 0.3 is 0 Å². The van der Waals surface area contributed by atoms with Crippen molar-refractivity contribution in [3.8, 4) is 11.3 Å². The van der Waals surface area contributed by atoms with E-state index in [1.54, 1.807) is 6.20 Å². The maximum Gasteiger partial charge on any atom is 0.201 e. The van der Waals surface area contributed by atoms with Crippen LogP contribution in [0.5, 0.6) is 0 Å². The van der Waals surface area contributed by atoms with Crippen LogP contribution in [0.15, 0.2) is 30.5 Å². The maximum atomic E-state index is 6.69. The summed E-state index contributed by atoms with van der Waals surface area (Å²) < 4.78 is 15.0. The van der Waals surface area contributed by atoms with Crippen LogP contribution in [0.4, 0.5) is 0 Å². The standard InChI is InChI=1S/C23H28ClN3O4/c1-13-4-9-18-14(2)20(27-19(12-25-26-27)15-5-7-16(24)8-6-15)28-21-23(18)17(13)10-11-22(3,29-21)30-31-23/h5-8,12-14,17-18,20-21H,4,9-11H2,1-3H3/t13-,14-,17+,18+,20-,21-,22-,23-/m1/s1. The second-order valence-electron chi connectivity index (χ2n) is 9.87. The smallest absolute Gasteiger partial charge is 0.201 e. The quantitative estimate of drug-likeness (QED) is 0.607. The van der Waals surface area contributed by atoms with Gasteiger partial charge in [-0.1, -0.05) is 42.8 Å². The second-order valence-corrected chi connectivity index (χ2v) is 10.3. The number of hydrogen-bond donors (Lipinski definition) is 0. The van der Waals surface area contributed by atoms with E-state index in [1.165, 1.54) is 6.42 Å². The molecule has 1 aromatic carbocycles. The van der Waals surface area contributed by atoms with Crippen molar-refractivity contribution in [2.24, 2.45) is 23.7 Å². The van der Waals surface area contributed by atoms with Gasteiger partial charge in [-0.25, -0.2) is 14.5 Å². The summed E-state index contributed by atoms with van der Waals surface area (Å²) in [5.41, 5.74) is 1.31. The Hall–Kier alpha value is -1.51. The molecule has 0 radical (unpaired) electrons. The van der Waals surface area contributed by atoms with Crippen molar-refractivity contribution in [1.29, 1.82) is 0 Å². The molecule has 4 saturated heterocycles. The molecular weight excluding hydrogens is 418 g/mol. The number of rotatable bonds is 2. The molecule has 0 unspecified atom stereocenters. The van der Waals surface area contributed by atoms with Crippen molar-refractivity contribution in [1.82, 2.24) is 15.0 Å². The molecule has 7 nitrogen and oxygen atoms in total. The lowest BCUT2D eigenvalue weighted by Crippen LogP contribution is -2.69. The highest BCUT2D eigenvalue weighted by Crippen LogP contribution is 2.61. The normalized spacial score (nSPS) is 44.0. The Labute approximate surface area is 186 Å². The van der Waals surface area contributed by atoms with Crippen molar-refractivity contribution in [2.75, 3.05) is 0 Å². The third kappa shape index (κ3) is 2.87. The van der Waals surface area contributed by atoms with Crippen LogP contribution < -0.4 is 0 Å². The lowest BCUT2D eigenvalue weighted by molar-refractivity contribution is -0.574. The van der Waals surface area contributed by atoms with Crippen LogP contribution in [0, 0.1) is 23.7 Å². The Balaban J connectivity index is 1.42. The van der Waals surface area contributed by atoms with E-state index in [1.807, 2.05) is 35.9 Å². The van der Waals surface area contributed by atoms with Crippen LogP contribution in [-0.4, -0.2) is 32.7 Å². The molecular formula is C23H28ClN3O4. The van der Waals surface area contributed by atoms with Gasteiger partial charge in [0.2, 0.25) is 5.79 Å². The number of hydrogen-bond acceptors (Lipinski definition) is 6. The predicted octanol–water partition coefficient (Wildman–Crippen LogP) is 4.98. The molecule has 2 aromatic rings. The highest BCUT2D eigenvalue weighted by Gasteiger charge is 2.69. The van der Waals surface area contributed by atoms with E-state index in [9.17, 15) is 0 Å². The fourth-order valence-corrected chi connectivity index (χ4v) is 6.55. The highest BCUT2D eigenvalue weighted by atomic mass is 35.5. The first kappa shape index (κ1) is 20.1. The summed E-state index contributed by atoms with van der Waals surface area (Å²) in [5.74, 6) is 0.477. The Kier molecular flexibility index (Phi) is 4.54. The number of ether oxygens (including phenoxy) is 2. The van der Waals surface area contributed by atoms with Crippen LogP contribution in [0.2, 0.25) is 5.02 Å². The topological polar surface area (TPSA) is 67.6 Å². The van der Waals surface area contributed by atoms with E-state index in [2.05, 4.69) is 24.2 Å². The van der Waals surface area contributed by atoms with E-state index in [-0.39, 0.29) is 18.1 Å². The molecule has 166 valence electrons. The maximum absolute atomic E-state index is 6.69. The summed E-state index contributed by atoms with van der Waals surface area (Å²) in [6.45, 7) is 6.49. The van der Waals surface area contributed by atoms with Gasteiger partial charge in [0.15, 0.2) is 18.1 Å². The fraction of sp³-hybridized carbons (Fsp3) is 0.652. The molecule has 1 aliphatic carbocycles. The predicted molar refractivity (Wildman–Crippen MR) is 113 cm³/mol. The first-order chi connectivity index (χ1) is 14.9. The third-order valence-electron chi connectivity index (χ3n) is 8.08. The van der Waals surface area contributed by atoms with Crippen LogP contribution in [0.3, 0.4) is 0 Å². The van der Waals surface area contributed by atoms with Crippen molar-refractivity contribution < 1.29 is 19.2 Å². The zero-order chi connectivity index (χ0) is 21.4. The lowest BCUT2D eigenvalue weighted by atomic mass is 9.58. The summed E-state index contributed by atoms with van der Waals surface area (Å²) in [4.78, 5) is 12.2. The molecule has 0 N–H and O–H groups in total.